The number of ketones is 1. The smallest absolute Gasteiger partial charge is 0.169 e. The van der Waals surface area contributed by atoms with Gasteiger partial charge in [-0.3, -0.25) is 4.79 Å². The summed E-state index contributed by atoms with van der Waals surface area (Å²) in [6.45, 7) is 7.76. The van der Waals surface area contributed by atoms with Crippen molar-refractivity contribution in [3.05, 3.63) is 72.3 Å². The Morgan fingerprint density at radius 2 is 1.44 bits per heavy atom. The van der Waals surface area contributed by atoms with Crippen LogP contribution in [0.1, 0.15) is 34.1 Å². The van der Waals surface area contributed by atoms with Crippen molar-refractivity contribution in [1.29, 1.82) is 0 Å². The molecule has 2 aromatic carbocycles. The molecule has 3 heteroatoms. The van der Waals surface area contributed by atoms with Gasteiger partial charge in [-0.1, -0.05) is 87.0 Å². The van der Waals surface area contributed by atoms with Crippen molar-refractivity contribution in [2.45, 2.75) is 39.8 Å². The maximum absolute atomic E-state index is 14.5. The van der Waals surface area contributed by atoms with Crippen LogP contribution in [0.2, 0.25) is 0 Å². The van der Waals surface area contributed by atoms with Crippen molar-refractivity contribution in [3.63, 3.8) is 0 Å². The molecule has 0 N–H and O–H groups in total. The van der Waals surface area contributed by atoms with Crippen LogP contribution in [0.5, 0.6) is 0 Å². The zero-order chi connectivity index (χ0) is 18.4. The van der Waals surface area contributed by atoms with E-state index in [9.17, 15) is 9.36 Å². The minimum atomic E-state index is -3.12. The van der Waals surface area contributed by atoms with Crippen LogP contribution < -0.4 is 10.6 Å². The summed E-state index contributed by atoms with van der Waals surface area (Å²) in [5.74, 6) is 0.0153. The van der Waals surface area contributed by atoms with Crippen LogP contribution in [-0.2, 0) is 9.36 Å². The van der Waals surface area contributed by atoms with Crippen LogP contribution in [0.4, 0.5) is 0 Å². The van der Waals surface area contributed by atoms with Crippen LogP contribution in [0.25, 0.3) is 0 Å². The Kier molecular flexibility index (Phi) is 6.56. The minimum Gasteiger partial charge on any atom is -0.313 e. The molecule has 2 nitrogen and oxygen atoms in total. The van der Waals surface area contributed by atoms with Crippen LogP contribution >= 0.6 is 7.14 Å². The summed E-state index contributed by atoms with van der Waals surface area (Å²) in [6.07, 6.45) is 2.62. The van der Waals surface area contributed by atoms with E-state index >= 15 is 0 Å². The van der Waals surface area contributed by atoms with Gasteiger partial charge in [0, 0.05) is 10.6 Å². The molecule has 132 valence electrons. The van der Waals surface area contributed by atoms with Gasteiger partial charge in [-0.15, -0.1) is 0 Å². The van der Waals surface area contributed by atoms with E-state index in [1.165, 1.54) is 0 Å². The number of hydrogen-bond acceptors (Lipinski definition) is 2. The molecule has 0 aliphatic heterocycles. The third-order valence-corrected chi connectivity index (χ3v) is 8.60. The normalized spacial score (nSPS) is 14.8. The third kappa shape index (κ3) is 3.85. The first-order valence-electron chi connectivity index (χ1n) is 8.84. The molecule has 0 radical (unpaired) electrons. The second kappa shape index (κ2) is 8.45. The topological polar surface area (TPSA) is 34.1 Å². The van der Waals surface area contributed by atoms with Crippen LogP contribution in [0.3, 0.4) is 0 Å². The Hall–Kier alpha value is -1.92. The van der Waals surface area contributed by atoms with Gasteiger partial charge in [-0.2, -0.15) is 0 Å². The van der Waals surface area contributed by atoms with Gasteiger partial charge in [0.15, 0.2) is 12.9 Å². The average molecular weight is 354 g/mol. The summed E-state index contributed by atoms with van der Waals surface area (Å²) < 4.78 is 14.5. The lowest BCUT2D eigenvalue weighted by atomic mass is 9.97. The molecule has 0 fully saturated rings. The van der Waals surface area contributed by atoms with E-state index in [1.54, 1.807) is 0 Å². The predicted octanol–water partition coefficient (Wildman–Crippen LogP) is 4.95. The summed E-state index contributed by atoms with van der Waals surface area (Å²) in [5.41, 5.74) is 0.135. The highest BCUT2D eigenvalue weighted by Gasteiger charge is 2.43. The highest BCUT2D eigenvalue weighted by atomic mass is 31.2. The number of carbonyl (C=O) groups excluding carboxylic acids is 1. The predicted molar refractivity (Wildman–Crippen MR) is 107 cm³/mol. The van der Waals surface area contributed by atoms with Gasteiger partial charge in [0.1, 0.15) is 0 Å². The highest BCUT2D eigenvalue weighted by Crippen LogP contribution is 2.53. The SMILES string of the molecule is C/C=C(\C)C(=O)C(C(C)CC)P(=O)(c1ccccc1)c1ccccc1. The molecule has 2 aromatic rings. The first-order valence-corrected chi connectivity index (χ1v) is 10.6. The van der Waals surface area contributed by atoms with Crippen molar-refractivity contribution in [2.75, 3.05) is 0 Å². The Balaban J connectivity index is 2.76. The third-order valence-electron chi connectivity index (χ3n) is 4.94. The molecule has 0 aliphatic rings. The fourth-order valence-electron chi connectivity index (χ4n) is 3.15. The first kappa shape index (κ1) is 19.4. The molecule has 0 heterocycles. The summed E-state index contributed by atoms with van der Waals surface area (Å²) in [5, 5.41) is 1.51. The Morgan fingerprint density at radius 3 is 1.80 bits per heavy atom. The Labute approximate surface area is 151 Å². The van der Waals surface area contributed by atoms with Gasteiger partial charge in [0.05, 0.1) is 5.66 Å². The van der Waals surface area contributed by atoms with Crippen molar-refractivity contribution < 1.29 is 9.36 Å². The van der Waals surface area contributed by atoms with Crippen LogP contribution in [0, 0.1) is 5.92 Å². The molecule has 0 saturated heterocycles. The molecule has 2 unspecified atom stereocenters. The lowest BCUT2D eigenvalue weighted by Gasteiger charge is -2.32. The summed E-state index contributed by atoms with van der Waals surface area (Å²) in [7, 11) is -3.12. The van der Waals surface area contributed by atoms with Gasteiger partial charge >= 0.3 is 0 Å². The van der Waals surface area contributed by atoms with Crippen LogP contribution in [0.15, 0.2) is 72.3 Å². The molecule has 25 heavy (non-hydrogen) atoms. The van der Waals surface area contributed by atoms with E-state index in [0.29, 0.717) is 5.57 Å². The summed E-state index contributed by atoms with van der Waals surface area (Å²) >= 11 is 0. The first-order chi connectivity index (χ1) is 12.0. The number of hydrogen-bond donors (Lipinski definition) is 0. The van der Waals surface area contributed by atoms with Crippen molar-refractivity contribution >= 4 is 23.5 Å². The van der Waals surface area contributed by atoms with Crippen molar-refractivity contribution in [1.82, 2.24) is 0 Å². The number of Topliss-reactive ketones (excluding diaryl/α,β-unsaturated/α-hetero) is 1. The second-order valence-electron chi connectivity index (χ2n) is 6.50. The fourth-order valence-corrected chi connectivity index (χ4v) is 6.78. The Morgan fingerprint density at radius 1 is 1.00 bits per heavy atom. The zero-order valence-electron chi connectivity index (χ0n) is 15.5. The molecule has 0 aliphatic carbocycles. The number of allylic oxidation sites excluding steroid dienone is 2. The minimum absolute atomic E-state index is 0.00658. The van der Waals surface area contributed by atoms with Crippen LogP contribution in [-0.4, -0.2) is 11.4 Å². The molecule has 2 rings (SSSR count). The average Bonchev–Trinajstić information content (AvgIpc) is 2.68. The molecule has 2 atom stereocenters. The molecule has 0 amide bonds. The lowest BCUT2D eigenvalue weighted by Crippen LogP contribution is -2.36. The van der Waals surface area contributed by atoms with E-state index < -0.39 is 12.8 Å². The number of benzene rings is 2. The van der Waals surface area contributed by atoms with Crippen molar-refractivity contribution in [3.8, 4) is 0 Å². The highest BCUT2D eigenvalue weighted by molar-refractivity contribution is 7.80. The molecule has 0 spiro atoms. The second-order valence-corrected chi connectivity index (χ2v) is 9.40. The van der Waals surface area contributed by atoms with E-state index in [4.69, 9.17) is 0 Å². The standard InChI is InChI=1S/C22H27O2P/c1-5-17(3)21(23)22(18(4)6-2)25(24,19-13-9-7-10-14-19)20-15-11-8-12-16-20/h5,7-16,18,22H,6H2,1-4H3/b17-5+. The number of carbonyl (C=O) groups is 1. The molecule has 0 aromatic heterocycles. The lowest BCUT2D eigenvalue weighted by molar-refractivity contribution is -0.115. The van der Waals surface area contributed by atoms with Gasteiger partial charge in [-0.05, 0) is 25.3 Å². The van der Waals surface area contributed by atoms with Crippen molar-refractivity contribution in [2.24, 2.45) is 5.92 Å². The molecular weight excluding hydrogens is 327 g/mol. The largest absolute Gasteiger partial charge is 0.313 e. The van der Waals surface area contributed by atoms with E-state index in [0.717, 1.165) is 17.0 Å². The fraction of sp³-hybridized carbons (Fsp3) is 0.318. The monoisotopic (exact) mass is 354 g/mol. The van der Waals surface area contributed by atoms with E-state index in [2.05, 4.69) is 6.92 Å². The zero-order valence-corrected chi connectivity index (χ0v) is 16.4. The van der Waals surface area contributed by atoms with Gasteiger partial charge < -0.3 is 4.57 Å². The number of rotatable bonds is 7. The van der Waals surface area contributed by atoms with Gasteiger partial charge in [0.2, 0.25) is 0 Å². The molecular formula is C22H27O2P. The van der Waals surface area contributed by atoms with E-state index in [1.807, 2.05) is 87.5 Å². The maximum atomic E-state index is 14.5. The quantitative estimate of drug-likeness (QED) is 0.521. The molecule has 0 saturated carbocycles. The Bertz CT molecular complexity index is 735. The maximum Gasteiger partial charge on any atom is 0.169 e. The van der Waals surface area contributed by atoms with Gasteiger partial charge in [-0.25, -0.2) is 0 Å². The summed E-state index contributed by atoms with van der Waals surface area (Å²) in [4.78, 5) is 13.2. The molecule has 0 bridgehead atoms. The van der Waals surface area contributed by atoms with Gasteiger partial charge in [0.25, 0.3) is 0 Å². The van der Waals surface area contributed by atoms with E-state index in [-0.39, 0.29) is 11.7 Å². The summed E-state index contributed by atoms with van der Waals surface area (Å²) in [6, 6.07) is 19.0.